The number of hydrogen-bond donors (Lipinski definition) is 1. The van der Waals surface area contributed by atoms with E-state index in [9.17, 15) is 19.5 Å². The number of rotatable bonds is 4. The summed E-state index contributed by atoms with van der Waals surface area (Å²) in [6, 6.07) is 13.6. The van der Waals surface area contributed by atoms with Crippen LogP contribution in [0.5, 0.6) is 5.75 Å². The molecular weight excluding hydrogens is 438 g/mol. The minimum absolute atomic E-state index is 0.0971. The lowest BCUT2D eigenvalue weighted by Crippen LogP contribution is -2.29. The number of benzene rings is 2. The molecule has 1 amide bonds. The number of anilines is 1. The van der Waals surface area contributed by atoms with Gasteiger partial charge in [-0.25, -0.2) is 4.79 Å². The number of Topliss-reactive ketones (excluding diaryl/α,β-unsaturated/α-hetero) is 1. The number of aliphatic hydroxyl groups excluding tert-OH is 1. The lowest BCUT2D eigenvalue weighted by Gasteiger charge is -2.24. The summed E-state index contributed by atoms with van der Waals surface area (Å²) in [6.07, 6.45) is 3.06. The van der Waals surface area contributed by atoms with Gasteiger partial charge in [0.05, 0.1) is 31.1 Å². The molecule has 1 aromatic heterocycles. The van der Waals surface area contributed by atoms with Crippen LogP contribution in [0.15, 0.2) is 70.9 Å². The van der Waals surface area contributed by atoms with Crippen LogP contribution in [0, 0.1) is 0 Å². The van der Waals surface area contributed by atoms with Gasteiger partial charge in [0.2, 0.25) is 0 Å². The first-order valence-corrected chi connectivity index (χ1v) is 10.8. The number of nitrogens with zero attached hydrogens (tertiary/aromatic N) is 1. The number of amides is 1. The third-order valence-corrected chi connectivity index (χ3v) is 5.98. The van der Waals surface area contributed by atoms with Crippen molar-refractivity contribution in [2.45, 2.75) is 18.9 Å². The number of ether oxygens (including phenoxy) is 2. The van der Waals surface area contributed by atoms with Crippen LogP contribution in [0.3, 0.4) is 0 Å². The van der Waals surface area contributed by atoms with Gasteiger partial charge in [0.1, 0.15) is 23.3 Å². The average Bonchev–Trinajstić information content (AvgIpc) is 3.49. The zero-order chi connectivity index (χ0) is 23.8. The number of esters is 1. The summed E-state index contributed by atoms with van der Waals surface area (Å²) in [5, 5.41) is 11.2. The standard InChI is InChI=1S/C26H21NO7/c1-32-26(31)17-5-2-7-18(14-17)27-22(20-8-4-12-34-20)21(24(29)25(27)30)23(28)16-9-10-19-15(13-16)6-3-11-33-19/h2,4-5,7-10,12-14,22,28H,3,6,11H2,1H3/b23-21-. The second kappa shape index (κ2) is 8.55. The SMILES string of the molecule is COC(=O)c1cccc(N2C(=O)C(=O)/C(=C(\O)c3ccc4c(c3)CCCO4)C2c2ccco2)c1. The van der Waals surface area contributed by atoms with E-state index in [0.717, 1.165) is 24.2 Å². The smallest absolute Gasteiger partial charge is 0.337 e. The number of ketones is 1. The van der Waals surface area contributed by atoms with E-state index in [1.54, 1.807) is 48.5 Å². The maximum atomic E-state index is 13.2. The van der Waals surface area contributed by atoms with Crippen molar-refractivity contribution >= 4 is 29.1 Å². The van der Waals surface area contributed by atoms with Gasteiger partial charge in [-0.2, -0.15) is 0 Å². The van der Waals surface area contributed by atoms with Gasteiger partial charge in [-0.15, -0.1) is 0 Å². The minimum atomic E-state index is -1.02. The maximum Gasteiger partial charge on any atom is 0.337 e. The van der Waals surface area contributed by atoms with Gasteiger partial charge in [-0.1, -0.05) is 6.07 Å². The third kappa shape index (κ3) is 3.53. The summed E-state index contributed by atoms with van der Waals surface area (Å²) >= 11 is 0. The molecule has 34 heavy (non-hydrogen) atoms. The second-order valence-electron chi connectivity index (χ2n) is 8.00. The van der Waals surface area contributed by atoms with Crippen molar-refractivity contribution in [1.82, 2.24) is 0 Å². The van der Waals surface area contributed by atoms with Crippen molar-refractivity contribution in [2.24, 2.45) is 0 Å². The predicted molar refractivity (Wildman–Crippen MR) is 122 cm³/mol. The monoisotopic (exact) mass is 459 g/mol. The van der Waals surface area contributed by atoms with E-state index >= 15 is 0 Å². The minimum Gasteiger partial charge on any atom is -0.507 e. The topological polar surface area (TPSA) is 106 Å². The maximum absolute atomic E-state index is 13.2. The molecule has 1 fully saturated rings. The van der Waals surface area contributed by atoms with Crippen LogP contribution >= 0.6 is 0 Å². The number of fused-ring (bicyclic) bond motifs is 1. The van der Waals surface area contributed by atoms with Gasteiger partial charge in [-0.3, -0.25) is 14.5 Å². The predicted octanol–water partition coefficient (Wildman–Crippen LogP) is 4.02. The molecule has 8 heteroatoms. The molecule has 0 bridgehead atoms. The van der Waals surface area contributed by atoms with Gasteiger partial charge >= 0.3 is 5.97 Å². The van der Waals surface area contributed by atoms with Gasteiger partial charge < -0.3 is 19.0 Å². The van der Waals surface area contributed by atoms with Gasteiger partial charge in [0.15, 0.2) is 0 Å². The van der Waals surface area contributed by atoms with E-state index in [1.807, 2.05) is 0 Å². The van der Waals surface area contributed by atoms with Crippen molar-refractivity contribution in [1.29, 1.82) is 0 Å². The first kappa shape index (κ1) is 21.5. The molecule has 1 saturated heterocycles. The number of hydrogen-bond acceptors (Lipinski definition) is 7. The lowest BCUT2D eigenvalue weighted by atomic mass is 9.96. The largest absolute Gasteiger partial charge is 0.507 e. The Morgan fingerprint density at radius 3 is 2.71 bits per heavy atom. The Labute approximate surface area is 195 Å². The third-order valence-electron chi connectivity index (χ3n) is 5.98. The van der Waals surface area contributed by atoms with Gasteiger partial charge in [-0.05, 0) is 66.9 Å². The highest BCUT2D eigenvalue weighted by atomic mass is 16.5. The van der Waals surface area contributed by atoms with Crippen LogP contribution in [0.1, 0.15) is 39.7 Å². The van der Waals surface area contributed by atoms with Crippen LogP contribution in [-0.4, -0.2) is 36.5 Å². The van der Waals surface area contributed by atoms with Crippen LogP contribution < -0.4 is 9.64 Å². The Hall–Kier alpha value is -4.33. The molecule has 1 atom stereocenters. The summed E-state index contributed by atoms with van der Waals surface area (Å²) in [5.41, 5.74) is 1.74. The Morgan fingerprint density at radius 2 is 1.94 bits per heavy atom. The second-order valence-corrected chi connectivity index (χ2v) is 8.00. The number of aliphatic hydroxyl groups is 1. The van der Waals surface area contributed by atoms with Gasteiger partial charge in [0, 0.05) is 11.3 Å². The normalized spacial score (nSPS) is 19.0. The molecule has 2 aromatic carbocycles. The number of furan rings is 1. The first-order valence-electron chi connectivity index (χ1n) is 10.8. The van der Waals surface area contributed by atoms with E-state index in [-0.39, 0.29) is 16.9 Å². The summed E-state index contributed by atoms with van der Waals surface area (Å²) in [4.78, 5) is 39.7. The fourth-order valence-corrected chi connectivity index (χ4v) is 4.38. The molecule has 3 heterocycles. The molecule has 0 spiro atoms. The number of methoxy groups -OCH3 is 1. The highest BCUT2D eigenvalue weighted by molar-refractivity contribution is 6.51. The molecule has 1 N–H and O–H groups in total. The van der Waals surface area contributed by atoms with E-state index in [4.69, 9.17) is 13.9 Å². The Morgan fingerprint density at radius 1 is 1.09 bits per heavy atom. The molecule has 2 aliphatic rings. The summed E-state index contributed by atoms with van der Waals surface area (Å²) in [6.45, 7) is 0.632. The summed E-state index contributed by atoms with van der Waals surface area (Å²) in [5.74, 6) is -1.54. The quantitative estimate of drug-likeness (QED) is 0.272. The Balaban J connectivity index is 1.66. The van der Waals surface area contributed by atoms with Crippen molar-refractivity contribution in [3.8, 4) is 5.75 Å². The first-order chi connectivity index (χ1) is 16.5. The summed E-state index contributed by atoms with van der Waals surface area (Å²) < 4.78 is 16.0. The zero-order valence-corrected chi connectivity index (χ0v) is 18.3. The fourth-order valence-electron chi connectivity index (χ4n) is 4.38. The molecule has 1 unspecified atom stereocenters. The molecule has 2 aliphatic heterocycles. The van der Waals surface area contributed by atoms with Crippen molar-refractivity contribution < 1.29 is 33.4 Å². The number of carbonyl (C=O) groups excluding carboxylic acids is 3. The van der Waals surface area contributed by atoms with Crippen LogP contribution in [0.4, 0.5) is 5.69 Å². The lowest BCUT2D eigenvalue weighted by molar-refractivity contribution is -0.132. The summed E-state index contributed by atoms with van der Waals surface area (Å²) in [7, 11) is 1.26. The molecule has 0 saturated carbocycles. The average molecular weight is 459 g/mol. The zero-order valence-electron chi connectivity index (χ0n) is 18.3. The molecule has 5 rings (SSSR count). The highest BCUT2D eigenvalue weighted by Crippen LogP contribution is 2.43. The molecular formula is C26H21NO7. The van der Waals surface area contributed by atoms with E-state index in [0.29, 0.717) is 23.6 Å². The molecule has 3 aromatic rings. The van der Waals surface area contributed by atoms with Crippen LogP contribution in [-0.2, 0) is 20.7 Å². The van der Waals surface area contributed by atoms with Crippen molar-refractivity contribution in [2.75, 3.05) is 18.6 Å². The highest BCUT2D eigenvalue weighted by Gasteiger charge is 2.48. The Bertz CT molecular complexity index is 1320. The molecule has 8 nitrogen and oxygen atoms in total. The fraction of sp³-hybridized carbons (Fsp3) is 0.192. The van der Waals surface area contributed by atoms with Crippen LogP contribution in [0.2, 0.25) is 0 Å². The van der Waals surface area contributed by atoms with Gasteiger partial charge in [0.25, 0.3) is 11.7 Å². The number of aryl methyl sites for hydroxylation is 1. The molecule has 0 radical (unpaired) electrons. The van der Waals surface area contributed by atoms with E-state index < -0.39 is 23.7 Å². The van der Waals surface area contributed by atoms with Crippen LogP contribution in [0.25, 0.3) is 5.76 Å². The molecule has 0 aliphatic carbocycles. The van der Waals surface area contributed by atoms with E-state index in [1.165, 1.54) is 24.3 Å². The molecule has 172 valence electrons. The van der Waals surface area contributed by atoms with Crippen molar-refractivity contribution in [3.05, 3.63) is 88.9 Å². The number of carbonyl (C=O) groups is 3. The Kier molecular flexibility index (Phi) is 5.41. The van der Waals surface area contributed by atoms with E-state index in [2.05, 4.69) is 0 Å². The van der Waals surface area contributed by atoms with Crippen molar-refractivity contribution in [3.63, 3.8) is 0 Å².